The van der Waals surface area contributed by atoms with E-state index in [9.17, 15) is 13.2 Å². The number of rotatable bonds is 4. The largest absolute Gasteiger partial charge is 0.360 e. The number of piperidine rings is 1. The minimum atomic E-state index is -3.77. The van der Waals surface area contributed by atoms with Crippen LogP contribution in [0.5, 0.6) is 0 Å². The van der Waals surface area contributed by atoms with Crippen LogP contribution in [0.15, 0.2) is 27.7 Å². The van der Waals surface area contributed by atoms with Gasteiger partial charge in [0.05, 0.1) is 23.3 Å². The van der Waals surface area contributed by atoms with Crippen molar-refractivity contribution in [2.24, 2.45) is 5.92 Å². The minimum Gasteiger partial charge on any atom is -0.360 e. The number of nitrogens with zero attached hydrogens (tertiary/aromatic N) is 3. The Labute approximate surface area is 168 Å². The number of fused-ring (bicyclic) bond motifs is 1. The summed E-state index contributed by atoms with van der Waals surface area (Å²) in [7, 11) is -3.77. The second-order valence-electron chi connectivity index (χ2n) is 7.43. The zero-order valence-electron chi connectivity index (χ0n) is 16.5. The van der Waals surface area contributed by atoms with Crippen molar-refractivity contribution in [1.82, 2.24) is 19.7 Å². The van der Waals surface area contributed by atoms with Gasteiger partial charge in [0.1, 0.15) is 10.6 Å². The lowest BCUT2D eigenvalue weighted by atomic mass is 9.98. The summed E-state index contributed by atoms with van der Waals surface area (Å²) >= 11 is 0. The fourth-order valence-corrected chi connectivity index (χ4v) is 5.67. The molecule has 0 radical (unpaired) electrons. The quantitative estimate of drug-likeness (QED) is 0.673. The van der Waals surface area contributed by atoms with E-state index >= 15 is 0 Å². The van der Waals surface area contributed by atoms with Gasteiger partial charge in [-0.25, -0.2) is 8.42 Å². The predicted octanol–water partition coefficient (Wildman–Crippen LogP) is 2.52. The van der Waals surface area contributed by atoms with Crippen LogP contribution in [0.1, 0.15) is 29.9 Å². The molecule has 3 aromatic rings. The third kappa shape index (κ3) is 3.42. The van der Waals surface area contributed by atoms with Gasteiger partial charge in [0.15, 0.2) is 5.76 Å². The van der Waals surface area contributed by atoms with Gasteiger partial charge in [-0.1, -0.05) is 11.2 Å². The van der Waals surface area contributed by atoms with Gasteiger partial charge in [-0.3, -0.25) is 9.89 Å². The Kier molecular flexibility index (Phi) is 4.91. The number of aromatic nitrogens is 3. The average Bonchev–Trinajstić information content (AvgIpc) is 3.32. The van der Waals surface area contributed by atoms with E-state index < -0.39 is 15.9 Å². The first-order valence-electron chi connectivity index (χ1n) is 9.45. The number of H-pyrrole nitrogens is 1. The van der Waals surface area contributed by atoms with E-state index in [4.69, 9.17) is 4.52 Å². The lowest BCUT2D eigenvalue weighted by molar-refractivity contribution is -0.120. The van der Waals surface area contributed by atoms with Crippen molar-refractivity contribution in [2.45, 2.75) is 38.5 Å². The van der Waals surface area contributed by atoms with Crippen LogP contribution in [-0.2, 0) is 14.8 Å². The van der Waals surface area contributed by atoms with Crippen LogP contribution in [0.4, 0.5) is 5.69 Å². The second kappa shape index (κ2) is 7.27. The molecule has 2 N–H and O–H groups in total. The number of hydrogen-bond donors (Lipinski definition) is 2. The zero-order valence-corrected chi connectivity index (χ0v) is 17.3. The summed E-state index contributed by atoms with van der Waals surface area (Å²) in [4.78, 5) is 13.0. The van der Waals surface area contributed by atoms with Gasteiger partial charge in [0.2, 0.25) is 15.9 Å². The molecule has 1 fully saturated rings. The van der Waals surface area contributed by atoms with E-state index in [0.717, 1.165) is 16.5 Å². The summed E-state index contributed by atoms with van der Waals surface area (Å²) in [5, 5.41) is 14.6. The zero-order chi connectivity index (χ0) is 20.8. The topological polar surface area (TPSA) is 121 Å². The first-order valence-corrected chi connectivity index (χ1v) is 10.9. The van der Waals surface area contributed by atoms with Crippen molar-refractivity contribution >= 4 is 32.5 Å². The number of carbonyl (C=O) groups excluding carboxylic acids is 1. The number of hydrogen-bond acceptors (Lipinski definition) is 6. The Morgan fingerprint density at radius 1 is 1.31 bits per heavy atom. The Balaban J connectivity index is 1.54. The van der Waals surface area contributed by atoms with Crippen LogP contribution in [0.3, 0.4) is 0 Å². The van der Waals surface area contributed by atoms with Crippen LogP contribution in [0, 0.1) is 26.7 Å². The molecular weight excluding hydrogens is 394 g/mol. The Hall–Kier alpha value is -2.72. The first-order chi connectivity index (χ1) is 13.8. The van der Waals surface area contributed by atoms with Gasteiger partial charge in [0, 0.05) is 18.5 Å². The maximum atomic E-state index is 13.1. The molecule has 1 unspecified atom stereocenters. The summed E-state index contributed by atoms with van der Waals surface area (Å²) in [5.74, 6) is -0.392. The molecule has 0 saturated carbocycles. The summed E-state index contributed by atoms with van der Waals surface area (Å²) in [6.45, 7) is 5.64. The summed E-state index contributed by atoms with van der Waals surface area (Å²) in [5.41, 5.74) is 2.78. The highest BCUT2D eigenvalue weighted by atomic mass is 32.2. The molecule has 3 heterocycles. The molecule has 2 aromatic heterocycles. The summed E-state index contributed by atoms with van der Waals surface area (Å²) in [6, 6.07) is 3.75. The number of sulfonamides is 1. The van der Waals surface area contributed by atoms with Crippen LogP contribution < -0.4 is 5.32 Å². The fraction of sp³-hybridized carbons (Fsp3) is 0.421. The number of anilines is 1. The molecular formula is C19H23N5O4S. The molecule has 1 aromatic carbocycles. The SMILES string of the molecule is Cc1noc(C)c1S(=O)(=O)N1CCCC(C(=O)Nc2ccc(C)c3cn[nH]c23)C1. The molecule has 4 rings (SSSR count). The third-order valence-corrected chi connectivity index (χ3v) is 7.52. The molecule has 0 aliphatic carbocycles. The lowest BCUT2D eigenvalue weighted by Crippen LogP contribution is -2.43. The number of nitrogens with one attached hydrogen (secondary N) is 2. The Morgan fingerprint density at radius 3 is 2.83 bits per heavy atom. The first kappa shape index (κ1) is 19.6. The number of carbonyl (C=O) groups is 1. The van der Waals surface area contributed by atoms with Crippen molar-refractivity contribution in [3.8, 4) is 0 Å². The average molecular weight is 417 g/mol. The summed E-state index contributed by atoms with van der Waals surface area (Å²) in [6.07, 6.45) is 2.95. The molecule has 1 atom stereocenters. The minimum absolute atomic E-state index is 0.0938. The monoisotopic (exact) mass is 417 g/mol. The standard InChI is InChI=1S/C19H23N5O4S/c1-11-6-7-16(17-15(11)9-20-22-17)21-19(25)14-5-4-8-24(10-14)29(26,27)18-12(2)23-28-13(18)3/h6-7,9,14H,4-5,8,10H2,1-3H3,(H,20,22)(H,21,25). The highest BCUT2D eigenvalue weighted by molar-refractivity contribution is 7.89. The number of aryl methyl sites for hydroxylation is 3. The lowest BCUT2D eigenvalue weighted by Gasteiger charge is -2.31. The fourth-order valence-electron chi connectivity index (χ4n) is 3.86. The smallest absolute Gasteiger partial charge is 0.248 e. The highest BCUT2D eigenvalue weighted by Gasteiger charge is 2.36. The normalized spacial score (nSPS) is 18.2. The van der Waals surface area contributed by atoms with Gasteiger partial charge >= 0.3 is 0 Å². The molecule has 29 heavy (non-hydrogen) atoms. The molecule has 10 heteroatoms. The van der Waals surface area contributed by atoms with E-state index in [1.54, 1.807) is 20.0 Å². The van der Waals surface area contributed by atoms with Gasteiger partial charge in [0.25, 0.3) is 0 Å². The molecule has 1 aliphatic heterocycles. The van der Waals surface area contributed by atoms with Gasteiger partial charge in [-0.15, -0.1) is 0 Å². The Bertz CT molecular complexity index is 1160. The van der Waals surface area contributed by atoms with Crippen LogP contribution in [0.2, 0.25) is 0 Å². The van der Waals surface area contributed by atoms with E-state index in [2.05, 4.69) is 20.7 Å². The molecule has 1 aliphatic rings. The number of aromatic amines is 1. The van der Waals surface area contributed by atoms with Gasteiger partial charge < -0.3 is 9.84 Å². The molecule has 0 spiro atoms. The Morgan fingerprint density at radius 2 is 2.10 bits per heavy atom. The van der Waals surface area contributed by atoms with Crippen molar-refractivity contribution in [3.05, 3.63) is 35.3 Å². The number of benzene rings is 1. The van der Waals surface area contributed by atoms with Crippen LogP contribution >= 0.6 is 0 Å². The van der Waals surface area contributed by atoms with Gasteiger partial charge in [-0.2, -0.15) is 9.40 Å². The van der Waals surface area contributed by atoms with Gasteiger partial charge in [-0.05, 0) is 45.2 Å². The molecule has 1 amide bonds. The molecule has 9 nitrogen and oxygen atoms in total. The second-order valence-corrected chi connectivity index (χ2v) is 9.31. The van der Waals surface area contributed by atoms with Crippen molar-refractivity contribution in [2.75, 3.05) is 18.4 Å². The van der Waals surface area contributed by atoms with Crippen LogP contribution in [0.25, 0.3) is 10.9 Å². The van der Waals surface area contributed by atoms with E-state index in [-0.39, 0.29) is 23.1 Å². The molecule has 0 bridgehead atoms. The van der Waals surface area contributed by atoms with Crippen LogP contribution in [-0.4, -0.2) is 47.1 Å². The predicted molar refractivity (Wildman–Crippen MR) is 107 cm³/mol. The summed E-state index contributed by atoms with van der Waals surface area (Å²) < 4.78 is 32.5. The maximum absolute atomic E-state index is 13.1. The van der Waals surface area contributed by atoms with Crippen molar-refractivity contribution in [1.29, 1.82) is 0 Å². The highest BCUT2D eigenvalue weighted by Crippen LogP contribution is 2.29. The van der Waals surface area contributed by atoms with E-state index in [1.165, 1.54) is 4.31 Å². The molecule has 1 saturated heterocycles. The third-order valence-electron chi connectivity index (χ3n) is 5.41. The number of amides is 1. The molecule has 154 valence electrons. The maximum Gasteiger partial charge on any atom is 0.248 e. The van der Waals surface area contributed by atoms with Crippen molar-refractivity contribution < 1.29 is 17.7 Å². The van der Waals surface area contributed by atoms with E-state index in [0.29, 0.717) is 30.8 Å². The van der Waals surface area contributed by atoms with E-state index in [1.807, 2.05) is 19.1 Å². The van der Waals surface area contributed by atoms with Crippen molar-refractivity contribution in [3.63, 3.8) is 0 Å².